The second kappa shape index (κ2) is 14.1. The van der Waals surface area contributed by atoms with Gasteiger partial charge in [-0.25, -0.2) is 0 Å². The Morgan fingerprint density at radius 2 is 1.47 bits per heavy atom. The highest BCUT2D eigenvalue weighted by Gasteiger charge is 2.32. The van der Waals surface area contributed by atoms with Crippen LogP contribution in [0.15, 0.2) is 53.1 Å². The highest BCUT2D eigenvalue weighted by molar-refractivity contribution is 5.53. The van der Waals surface area contributed by atoms with Crippen LogP contribution in [0.1, 0.15) is 87.2 Å². The van der Waals surface area contributed by atoms with Gasteiger partial charge in [0.25, 0.3) is 5.89 Å². The van der Waals surface area contributed by atoms with Gasteiger partial charge in [-0.1, -0.05) is 93.8 Å². The van der Waals surface area contributed by atoms with Gasteiger partial charge >= 0.3 is 6.18 Å². The molecule has 0 saturated carbocycles. The standard InChI is InChI=1S/C28H35F3N3O2/c1-2-3-4-5-6-7-8-9-10-15-26-32-27(36-33-26)23-18-16-22(17-19-23)20-34(35)21-24-13-11-12-14-25(24)28(29,30)31/h11-14,16-19H,2-10,15,20-21H2,1H3/q-1. The molecule has 1 aromatic heterocycles. The summed E-state index contributed by atoms with van der Waals surface area (Å²) in [4.78, 5) is 4.47. The number of unbranched alkanes of at least 4 members (excludes halogenated alkanes) is 8. The molecule has 1 heterocycles. The largest absolute Gasteiger partial charge is 0.785 e. The summed E-state index contributed by atoms with van der Waals surface area (Å²) in [6.45, 7) is 1.86. The summed E-state index contributed by atoms with van der Waals surface area (Å²) in [6.07, 6.45) is 7.59. The average Bonchev–Trinajstić information content (AvgIpc) is 3.32. The normalized spacial score (nSPS) is 11.9. The minimum atomic E-state index is -4.49. The zero-order chi connectivity index (χ0) is 25.8. The maximum Gasteiger partial charge on any atom is 0.416 e. The molecule has 196 valence electrons. The van der Waals surface area contributed by atoms with Crippen LogP contribution in [0.5, 0.6) is 0 Å². The first kappa shape index (κ1) is 27.9. The second-order valence-electron chi connectivity index (χ2n) is 9.24. The maximum atomic E-state index is 13.2. The van der Waals surface area contributed by atoms with Gasteiger partial charge in [0.05, 0.1) is 5.56 Å². The minimum absolute atomic E-state index is 0.0276. The molecule has 8 heteroatoms. The van der Waals surface area contributed by atoms with E-state index in [9.17, 15) is 18.4 Å². The monoisotopic (exact) mass is 502 g/mol. The molecule has 0 N–H and O–H groups in total. The van der Waals surface area contributed by atoms with Crippen molar-refractivity contribution in [2.75, 3.05) is 0 Å². The Bertz CT molecular complexity index is 1040. The van der Waals surface area contributed by atoms with Crippen molar-refractivity contribution in [3.63, 3.8) is 0 Å². The Balaban J connectivity index is 1.43. The van der Waals surface area contributed by atoms with Crippen LogP contribution in [0.2, 0.25) is 0 Å². The van der Waals surface area contributed by atoms with Crippen LogP contribution in [-0.4, -0.2) is 15.2 Å². The summed E-state index contributed by atoms with van der Waals surface area (Å²) in [5, 5.41) is 17.0. The van der Waals surface area contributed by atoms with Crippen molar-refractivity contribution < 1.29 is 17.7 Å². The van der Waals surface area contributed by atoms with E-state index >= 15 is 0 Å². The number of aryl methyl sites for hydroxylation is 1. The Hall–Kier alpha value is -2.71. The first-order chi connectivity index (χ1) is 17.4. The van der Waals surface area contributed by atoms with Crippen molar-refractivity contribution in [2.24, 2.45) is 0 Å². The molecule has 0 bridgehead atoms. The molecule has 0 aliphatic carbocycles. The second-order valence-corrected chi connectivity index (χ2v) is 9.24. The van der Waals surface area contributed by atoms with E-state index in [1.807, 2.05) is 0 Å². The van der Waals surface area contributed by atoms with Gasteiger partial charge < -0.3 is 14.8 Å². The first-order valence-corrected chi connectivity index (χ1v) is 12.9. The molecule has 2 aromatic carbocycles. The fourth-order valence-corrected chi connectivity index (χ4v) is 4.20. The lowest BCUT2D eigenvalue weighted by molar-refractivity contribution is -0.138. The summed E-state index contributed by atoms with van der Waals surface area (Å²) in [5.41, 5.74) is 0.606. The molecule has 0 aliphatic heterocycles. The van der Waals surface area contributed by atoms with E-state index in [1.165, 1.54) is 63.1 Å². The van der Waals surface area contributed by atoms with Crippen LogP contribution in [0.4, 0.5) is 13.2 Å². The fraction of sp³-hybridized carbons (Fsp3) is 0.500. The van der Waals surface area contributed by atoms with Crippen molar-refractivity contribution >= 4 is 0 Å². The molecular weight excluding hydrogens is 467 g/mol. The number of alkyl halides is 3. The van der Waals surface area contributed by atoms with Gasteiger partial charge in [-0.15, -0.1) is 0 Å². The third-order valence-corrected chi connectivity index (χ3v) is 6.20. The van der Waals surface area contributed by atoms with Crippen LogP contribution in [0.25, 0.3) is 11.5 Å². The van der Waals surface area contributed by atoms with Crippen molar-refractivity contribution in [2.45, 2.75) is 90.4 Å². The molecule has 0 saturated heterocycles. The van der Waals surface area contributed by atoms with E-state index < -0.39 is 11.7 Å². The van der Waals surface area contributed by atoms with Gasteiger partial charge in [-0.2, -0.15) is 18.2 Å². The maximum absolute atomic E-state index is 13.2. The number of halogens is 3. The molecule has 0 atom stereocenters. The zero-order valence-electron chi connectivity index (χ0n) is 20.9. The Morgan fingerprint density at radius 1 is 0.833 bits per heavy atom. The molecule has 0 spiro atoms. The smallest absolute Gasteiger partial charge is 0.416 e. The molecule has 0 radical (unpaired) electrons. The van der Waals surface area contributed by atoms with Crippen molar-refractivity contribution in [1.82, 2.24) is 15.2 Å². The lowest BCUT2D eigenvalue weighted by atomic mass is 10.1. The predicted molar refractivity (Wildman–Crippen MR) is 135 cm³/mol. The van der Waals surface area contributed by atoms with Crippen molar-refractivity contribution in [1.29, 1.82) is 0 Å². The highest BCUT2D eigenvalue weighted by Crippen LogP contribution is 2.32. The third-order valence-electron chi connectivity index (χ3n) is 6.20. The number of hydrogen-bond acceptors (Lipinski definition) is 5. The minimum Gasteiger partial charge on any atom is -0.785 e. The molecule has 0 amide bonds. The van der Waals surface area contributed by atoms with Gasteiger partial charge in [-0.05, 0) is 35.7 Å². The SMILES string of the molecule is CCCCCCCCCCCc1noc(-c2ccc(CN([O-])Cc3ccccc3C(F)(F)F)cc2)n1. The topological polar surface area (TPSA) is 65.2 Å². The molecule has 36 heavy (non-hydrogen) atoms. The van der Waals surface area contributed by atoms with Crippen molar-refractivity contribution in [3.05, 3.63) is 76.3 Å². The number of hydrogen-bond donors (Lipinski definition) is 0. The first-order valence-electron chi connectivity index (χ1n) is 12.9. The Kier molecular flexibility index (Phi) is 10.9. The molecule has 0 aliphatic rings. The van der Waals surface area contributed by atoms with Crippen LogP contribution in [-0.2, 0) is 25.7 Å². The van der Waals surface area contributed by atoms with Crippen LogP contribution >= 0.6 is 0 Å². The predicted octanol–water partition coefficient (Wildman–Crippen LogP) is 8.33. The molecule has 3 aromatic rings. The lowest BCUT2D eigenvalue weighted by Crippen LogP contribution is -2.18. The zero-order valence-corrected chi connectivity index (χ0v) is 20.9. The summed E-state index contributed by atoms with van der Waals surface area (Å²) in [6, 6.07) is 12.2. The molecule has 5 nitrogen and oxygen atoms in total. The van der Waals surface area contributed by atoms with Crippen LogP contribution < -0.4 is 0 Å². The third kappa shape index (κ3) is 9.06. The summed E-state index contributed by atoms with van der Waals surface area (Å²) in [5.74, 6) is 1.11. The fourth-order valence-electron chi connectivity index (χ4n) is 4.20. The molecular formula is C28H35F3N3O2-. The van der Waals surface area contributed by atoms with Gasteiger partial charge in [0.15, 0.2) is 5.82 Å². The van der Waals surface area contributed by atoms with E-state index in [0.717, 1.165) is 30.9 Å². The van der Waals surface area contributed by atoms with Gasteiger partial charge in [0, 0.05) is 25.1 Å². The van der Waals surface area contributed by atoms with Crippen LogP contribution in [0.3, 0.4) is 0 Å². The number of hydroxylamine groups is 2. The number of aromatic nitrogens is 2. The number of nitrogens with zero attached hydrogens (tertiary/aromatic N) is 3. The van der Waals surface area contributed by atoms with Gasteiger partial charge in [0.1, 0.15) is 0 Å². The number of rotatable bonds is 15. The molecule has 3 rings (SSSR count). The van der Waals surface area contributed by atoms with Crippen molar-refractivity contribution in [3.8, 4) is 11.5 Å². The van der Waals surface area contributed by atoms with Gasteiger partial charge in [0.2, 0.25) is 0 Å². The van der Waals surface area contributed by atoms with Crippen LogP contribution in [0, 0.1) is 5.21 Å². The quantitative estimate of drug-likeness (QED) is 0.154. The van der Waals surface area contributed by atoms with E-state index in [1.54, 1.807) is 24.3 Å². The summed E-state index contributed by atoms with van der Waals surface area (Å²) >= 11 is 0. The molecule has 0 unspecified atom stereocenters. The van der Waals surface area contributed by atoms with Gasteiger partial charge in [-0.3, -0.25) is 0 Å². The Morgan fingerprint density at radius 3 is 2.14 bits per heavy atom. The van der Waals surface area contributed by atoms with E-state index in [-0.39, 0.29) is 18.7 Å². The lowest BCUT2D eigenvalue weighted by Gasteiger charge is -2.29. The van der Waals surface area contributed by atoms with E-state index in [2.05, 4.69) is 17.1 Å². The number of benzene rings is 2. The highest BCUT2D eigenvalue weighted by atomic mass is 19.4. The summed E-state index contributed by atoms with van der Waals surface area (Å²) < 4.78 is 44.9. The average molecular weight is 503 g/mol. The molecule has 0 fully saturated rings. The summed E-state index contributed by atoms with van der Waals surface area (Å²) in [7, 11) is 0. The van der Waals surface area contributed by atoms with E-state index in [0.29, 0.717) is 22.3 Å². The van der Waals surface area contributed by atoms with E-state index in [4.69, 9.17) is 4.52 Å². The Labute approximate surface area is 211 Å².